The van der Waals surface area contributed by atoms with Crippen molar-refractivity contribution in [3.63, 3.8) is 0 Å². The van der Waals surface area contributed by atoms with E-state index < -0.39 is 4.92 Å². The topological polar surface area (TPSA) is 65.3 Å². The van der Waals surface area contributed by atoms with Gasteiger partial charge < -0.3 is 4.74 Å². The maximum absolute atomic E-state index is 11.0. The molecule has 1 aromatic carbocycles. The van der Waals surface area contributed by atoms with Crippen LogP contribution < -0.4 is 4.74 Å². The SMILES string of the molecule is COc1ccc(-c2nc(C)sc2C)cc1[N+](=O)[O-]. The molecule has 0 bridgehead atoms. The Morgan fingerprint density at radius 3 is 2.61 bits per heavy atom. The van der Waals surface area contributed by atoms with Gasteiger partial charge >= 0.3 is 5.69 Å². The van der Waals surface area contributed by atoms with Crippen LogP contribution in [-0.2, 0) is 0 Å². The number of aryl methyl sites for hydroxylation is 2. The molecule has 18 heavy (non-hydrogen) atoms. The van der Waals surface area contributed by atoms with E-state index in [1.165, 1.54) is 13.2 Å². The molecule has 1 heterocycles. The Kier molecular flexibility index (Phi) is 3.29. The first-order chi connectivity index (χ1) is 8.52. The van der Waals surface area contributed by atoms with Crippen molar-refractivity contribution in [2.24, 2.45) is 0 Å². The molecule has 1 aromatic heterocycles. The number of nitro groups is 1. The minimum atomic E-state index is -0.448. The summed E-state index contributed by atoms with van der Waals surface area (Å²) in [5, 5.41) is 11.9. The highest BCUT2D eigenvalue weighted by Gasteiger charge is 2.17. The first-order valence-electron chi connectivity index (χ1n) is 5.29. The zero-order valence-corrected chi connectivity index (χ0v) is 11.1. The molecular formula is C12H12N2O3S. The summed E-state index contributed by atoms with van der Waals surface area (Å²) in [6.07, 6.45) is 0. The Labute approximate surface area is 108 Å². The van der Waals surface area contributed by atoms with Crippen LogP contribution in [0.4, 0.5) is 5.69 Å². The minimum Gasteiger partial charge on any atom is -0.490 e. The van der Waals surface area contributed by atoms with E-state index in [-0.39, 0.29) is 11.4 Å². The third-order valence-electron chi connectivity index (χ3n) is 2.55. The lowest BCUT2D eigenvalue weighted by Gasteiger charge is -2.04. The molecule has 2 rings (SSSR count). The van der Waals surface area contributed by atoms with Gasteiger partial charge in [-0.3, -0.25) is 10.1 Å². The summed E-state index contributed by atoms with van der Waals surface area (Å²) in [6, 6.07) is 4.88. The van der Waals surface area contributed by atoms with E-state index in [0.717, 1.165) is 21.1 Å². The summed E-state index contributed by atoms with van der Waals surface area (Å²) in [7, 11) is 1.42. The van der Waals surface area contributed by atoms with Gasteiger partial charge in [-0.25, -0.2) is 4.98 Å². The maximum atomic E-state index is 11.0. The van der Waals surface area contributed by atoms with Crippen LogP contribution in [0, 0.1) is 24.0 Å². The van der Waals surface area contributed by atoms with Crippen molar-refractivity contribution in [1.82, 2.24) is 4.98 Å². The normalized spacial score (nSPS) is 10.4. The lowest BCUT2D eigenvalue weighted by Crippen LogP contribution is -1.94. The average molecular weight is 264 g/mol. The number of rotatable bonds is 3. The van der Waals surface area contributed by atoms with Gasteiger partial charge in [0.25, 0.3) is 0 Å². The number of nitro benzene ring substituents is 1. The van der Waals surface area contributed by atoms with Crippen molar-refractivity contribution in [3.05, 3.63) is 38.2 Å². The summed E-state index contributed by atoms with van der Waals surface area (Å²) >= 11 is 1.58. The summed E-state index contributed by atoms with van der Waals surface area (Å²) in [4.78, 5) is 16.0. The fraction of sp³-hybridized carbons (Fsp3) is 0.250. The number of hydrogen-bond acceptors (Lipinski definition) is 5. The smallest absolute Gasteiger partial charge is 0.311 e. The molecule has 0 fully saturated rings. The van der Waals surface area contributed by atoms with Crippen molar-refractivity contribution in [1.29, 1.82) is 0 Å². The number of nitrogens with zero attached hydrogens (tertiary/aromatic N) is 2. The number of hydrogen-bond donors (Lipinski definition) is 0. The van der Waals surface area contributed by atoms with E-state index in [4.69, 9.17) is 4.74 Å². The summed E-state index contributed by atoms with van der Waals surface area (Å²) < 4.78 is 4.97. The van der Waals surface area contributed by atoms with E-state index in [1.807, 2.05) is 13.8 Å². The lowest BCUT2D eigenvalue weighted by atomic mass is 10.1. The quantitative estimate of drug-likeness (QED) is 0.630. The van der Waals surface area contributed by atoms with Crippen LogP contribution in [0.5, 0.6) is 5.75 Å². The third-order valence-corrected chi connectivity index (χ3v) is 3.44. The maximum Gasteiger partial charge on any atom is 0.311 e. The molecular weight excluding hydrogens is 252 g/mol. The van der Waals surface area contributed by atoms with Crippen molar-refractivity contribution < 1.29 is 9.66 Å². The second kappa shape index (κ2) is 4.73. The van der Waals surface area contributed by atoms with Crippen molar-refractivity contribution in [3.8, 4) is 17.0 Å². The van der Waals surface area contributed by atoms with Gasteiger partial charge in [0.2, 0.25) is 0 Å². The van der Waals surface area contributed by atoms with Crippen molar-refractivity contribution >= 4 is 17.0 Å². The predicted molar refractivity (Wildman–Crippen MR) is 70.2 cm³/mol. The molecule has 6 heteroatoms. The number of ether oxygens (including phenoxy) is 1. The highest BCUT2D eigenvalue weighted by Crippen LogP contribution is 2.34. The van der Waals surface area contributed by atoms with Crippen LogP contribution in [0.2, 0.25) is 0 Å². The molecule has 0 aliphatic rings. The Morgan fingerprint density at radius 1 is 1.39 bits per heavy atom. The minimum absolute atomic E-state index is 0.0416. The van der Waals surface area contributed by atoms with Crippen LogP contribution in [0.25, 0.3) is 11.3 Å². The first kappa shape index (κ1) is 12.5. The van der Waals surface area contributed by atoms with Crippen LogP contribution in [0.1, 0.15) is 9.88 Å². The Hall–Kier alpha value is -1.95. The Bertz CT molecular complexity index is 607. The van der Waals surface area contributed by atoms with E-state index in [2.05, 4.69) is 4.98 Å². The summed E-state index contributed by atoms with van der Waals surface area (Å²) in [5.41, 5.74) is 1.49. The summed E-state index contributed by atoms with van der Waals surface area (Å²) in [6.45, 7) is 3.87. The van der Waals surface area contributed by atoms with Gasteiger partial charge in [0.15, 0.2) is 5.75 Å². The van der Waals surface area contributed by atoms with Crippen LogP contribution in [-0.4, -0.2) is 17.0 Å². The third kappa shape index (κ3) is 2.19. The summed E-state index contributed by atoms with van der Waals surface area (Å²) in [5.74, 6) is 0.258. The van der Waals surface area contributed by atoms with Crippen LogP contribution in [0.15, 0.2) is 18.2 Å². The van der Waals surface area contributed by atoms with E-state index in [1.54, 1.807) is 23.5 Å². The molecule has 0 atom stereocenters. The fourth-order valence-corrected chi connectivity index (χ4v) is 2.62. The van der Waals surface area contributed by atoms with Crippen LogP contribution >= 0.6 is 11.3 Å². The van der Waals surface area contributed by atoms with Gasteiger partial charge in [0.1, 0.15) is 0 Å². The lowest BCUT2D eigenvalue weighted by molar-refractivity contribution is -0.385. The fourth-order valence-electron chi connectivity index (χ4n) is 1.78. The first-order valence-corrected chi connectivity index (χ1v) is 6.11. The average Bonchev–Trinajstić information content (AvgIpc) is 2.67. The molecule has 0 saturated heterocycles. The highest BCUT2D eigenvalue weighted by molar-refractivity contribution is 7.11. The number of thiazole rings is 1. The predicted octanol–water partition coefficient (Wildman–Crippen LogP) is 3.34. The number of aromatic nitrogens is 1. The Balaban J connectivity index is 2.56. The van der Waals surface area contributed by atoms with Gasteiger partial charge in [0.05, 0.1) is 22.7 Å². The van der Waals surface area contributed by atoms with E-state index in [0.29, 0.717) is 0 Å². The second-order valence-electron chi connectivity index (χ2n) is 3.78. The zero-order chi connectivity index (χ0) is 13.3. The molecule has 94 valence electrons. The van der Waals surface area contributed by atoms with Crippen molar-refractivity contribution in [2.75, 3.05) is 7.11 Å². The number of benzene rings is 1. The standard InChI is InChI=1S/C12H12N2O3S/c1-7-12(13-8(2)18-7)9-4-5-11(17-3)10(6-9)14(15)16/h4-6H,1-3H3. The van der Waals surface area contributed by atoms with Gasteiger partial charge in [0, 0.05) is 16.5 Å². The molecule has 0 N–H and O–H groups in total. The monoisotopic (exact) mass is 264 g/mol. The van der Waals surface area contributed by atoms with Gasteiger partial charge in [-0.2, -0.15) is 0 Å². The molecule has 0 amide bonds. The van der Waals surface area contributed by atoms with E-state index in [9.17, 15) is 10.1 Å². The molecule has 2 aromatic rings. The highest BCUT2D eigenvalue weighted by atomic mass is 32.1. The second-order valence-corrected chi connectivity index (χ2v) is 5.19. The van der Waals surface area contributed by atoms with Gasteiger partial charge in [-0.05, 0) is 26.0 Å². The molecule has 0 unspecified atom stereocenters. The molecule has 5 nitrogen and oxygen atoms in total. The largest absolute Gasteiger partial charge is 0.490 e. The Morgan fingerprint density at radius 2 is 2.11 bits per heavy atom. The molecule has 0 spiro atoms. The van der Waals surface area contributed by atoms with Gasteiger partial charge in [-0.15, -0.1) is 11.3 Å². The molecule has 0 radical (unpaired) electrons. The van der Waals surface area contributed by atoms with Crippen LogP contribution in [0.3, 0.4) is 0 Å². The van der Waals surface area contributed by atoms with Gasteiger partial charge in [-0.1, -0.05) is 0 Å². The zero-order valence-electron chi connectivity index (χ0n) is 10.3. The van der Waals surface area contributed by atoms with Crippen molar-refractivity contribution in [2.45, 2.75) is 13.8 Å². The molecule has 0 aliphatic heterocycles. The van der Waals surface area contributed by atoms with E-state index >= 15 is 0 Å². The number of methoxy groups -OCH3 is 1. The molecule has 0 aliphatic carbocycles. The molecule has 0 saturated carbocycles.